The van der Waals surface area contributed by atoms with Gasteiger partial charge in [0.1, 0.15) is 13.2 Å². The van der Waals surface area contributed by atoms with E-state index >= 15 is 0 Å². The van der Waals surface area contributed by atoms with Gasteiger partial charge in [0.05, 0.1) is 0 Å². The minimum Gasteiger partial charge on any atom is -0.460 e. The molecule has 2 rings (SSSR count). The summed E-state index contributed by atoms with van der Waals surface area (Å²) in [6.07, 6.45) is 3.63. The van der Waals surface area contributed by atoms with Crippen LogP contribution in [0.4, 0.5) is 0 Å². The van der Waals surface area contributed by atoms with Gasteiger partial charge in [0.15, 0.2) is 0 Å². The molecule has 2 aromatic rings. The van der Waals surface area contributed by atoms with Gasteiger partial charge in [-0.1, -0.05) is 54.6 Å². The van der Waals surface area contributed by atoms with Gasteiger partial charge in [-0.2, -0.15) is 0 Å². The third-order valence-electron chi connectivity index (χ3n) is 2.88. The molecular formula is C18H17NO3. The molecule has 0 saturated carbocycles. The maximum absolute atomic E-state index is 11.7. The summed E-state index contributed by atoms with van der Waals surface area (Å²) in [4.78, 5) is 23.3. The van der Waals surface area contributed by atoms with Crippen molar-refractivity contribution >= 4 is 18.0 Å². The molecule has 0 fully saturated rings. The van der Waals surface area contributed by atoms with Crippen molar-refractivity contribution < 1.29 is 14.3 Å². The van der Waals surface area contributed by atoms with Crippen LogP contribution < -0.4 is 5.32 Å². The van der Waals surface area contributed by atoms with Crippen LogP contribution in [-0.4, -0.2) is 25.0 Å². The number of rotatable bonds is 6. The number of carbonyl (C=O) groups is 2. The van der Waals surface area contributed by atoms with E-state index in [1.165, 1.54) is 0 Å². The van der Waals surface area contributed by atoms with Crippen molar-refractivity contribution in [1.29, 1.82) is 0 Å². The molecule has 4 nitrogen and oxygen atoms in total. The topological polar surface area (TPSA) is 55.4 Å². The first kappa shape index (κ1) is 15.5. The van der Waals surface area contributed by atoms with Gasteiger partial charge in [0.25, 0.3) is 5.91 Å². The zero-order chi connectivity index (χ0) is 15.6. The van der Waals surface area contributed by atoms with Crippen LogP contribution in [0.2, 0.25) is 0 Å². The molecule has 0 unspecified atom stereocenters. The lowest BCUT2D eigenvalue weighted by Gasteiger charge is -2.04. The maximum atomic E-state index is 11.7. The van der Waals surface area contributed by atoms with E-state index < -0.39 is 5.97 Å². The third kappa shape index (κ3) is 5.25. The van der Waals surface area contributed by atoms with Crippen LogP contribution in [0.15, 0.2) is 66.7 Å². The lowest BCUT2D eigenvalue weighted by Crippen LogP contribution is -2.30. The fraction of sp³-hybridized carbons (Fsp3) is 0.111. The Hall–Kier alpha value is -2.88. The lowest BCUT2D eigenvalue weighted by molar-refractivity contribution is -0.141. The van der Waals surface area contributed by atoms with Crippen LogP contribution in [0.25, 0.3) is 6.08 Å². The summed E-state index contributed by atoms with van der Waals surface area (Å²) in [6, 6.07) is 18.4. The monoisotopic (exact) mass is 295 g/mol. The highest BCUT2D eigenvalue weighted by molar-refractivity contribution is 5.95. The van der Waals surface area contributed by atoms with E-state index in [4.69, 9.17) is 4.74 Å². The first-order chi connectivity index (χ1) is 10.8. The Morgan fingerprint density at radius 3 is 2.27 bits per heavy atom. The third-order valence-corrected chi connectivity index (χ3v) is 2.88. The molecule has 0 atom stereocenters. The SMILES string of the molecule is O=C(CNC(=O)c1ccccc1)OC/C=C/c1ccccc1. The molecule has 2 aromatic carbocycles. The number of esters is 1. The molecule has 1 amide bonds. The molecule has 0 bridgehead atoms. The van der Waals surface area contributed by atoms with Crippen molar-refractivity contribution in [2.24, 2.45) is 0 Å². The Morgan fingerprint density at radius 1 is 0.955 bits per heavy atom. The van der Waals surface area contributed by atoms with E-state index in [1.807, 2.05) is 42.5 Å². The Labute approximate surface area is 129 Å². The Morgan fingerprint density at radius 2 is 1.59 bits per heavy atom. The smallest absolute Gasteiger partial charge is 0.325 e. The number of hydrogen-bond acceptors (Lipinski definition) is 3. The Kier molecular flexibility index (Phi) is 5.93. The lowest BCUT2D eigenvalue weighted by atomic mass is 10.2. The van der Waals surface area contributed by atoms with Crippen LogP contribution in [0, 0.1) is 0 Å². The van der Waals surface area contributed by atoms with Crippen LogP contribution in [0.1, 0.15) is 15.9 Å². The predicted octanol–water partition coefficient (Wildman–Crippen LogP) is 2.67. The van der Waals surface area contributed by atoms with Gasteiger partial charge in [-0.3, -0.25) is 9.59 Å². The van der Waals surface area contributed by atoms with Crippen molar-refractivity contribution in [3.63, 3.8) is 0 Å². The zero-order valence-corrected chi connectivity index (χ0v) is 12.1. The average Bonchev–Trinajstić information content (AvgIpc) is 2.58. The minimum absolute atomic E-state index is 0.146. The second-order valence-corrected chi connectivity index (χ2v) is 4.54. The maximum Gasteiger partial charge on any atom is 0.325 e. The van der Waals surface area contributed by atoms with Gasteiger partial charge in [0, 0.05) is 5.56 Å². The molecule has 0 radical (unpaired) electrons. The van der Waals surface area contributed by atoms with Gasteiger partial charge >= 0.3 is 5.97 Å². The van der Waals surface area contributed by atoms with E-state index in [2.05, 4.69) is 5.32 Å². The largest absolute Gasteiger partial charge is 0.460 e. The van der Waals surface area contributed by atoms with Crippen molar-refractivity contribution in [1.82, 2.24) is 5.32 Å². The van der Waals surface area contributed by atoms with Gasteiger partial charge in [-0.25, -0.2) is 0 Å². The van der Waals surface area contributed by atoms with Gasteiger partial charge in [0.2, 0.25) is 0 Å². The molecule has 1 N–H and O–H groups in total. The summed E-state index contributed by atoms with van der Waals surface area (Å²) in [5.74, 6) is -0.764. The molecule has 22 heavy (non-hydrogen) atoms. The standard InChI is InChI=1S/C18H17NO3/c20-17(14-19-18(21)16-11-5-2-6-12-16)22-13-7-10-15-8-3-1-4-9-15/h1-12H,13-14H2,(H,19,21)/b10-7+. The molecule has 0 heterocycles. The second-order valence-electron chi connectivity index (χ2n) is 4.54. The number of benzene rings is 2. The average molecular weight is 295 g/mol. The van der Waals surface area contributed by atoms with E-state index in [9.17, 15) is 9.59 Å². The van der Waals surface area contributed by atoms with Crippen LogP contribution in [0.5, 0.6) is 0 Å². The molecule has 0 aliphatic carbocycles. The molecular weight excluding hydrogens is 278 g/mol. The molecule has 0 spiro atoms. The first-order valence-electron chi connectivity index (χ1n) is 6.96. The normalized spacial score (nSPS) is 10.4. The summed E-state index contributed by atoms with van der Waals surface area (Å²) in [5.41, 5.74) is 1.55. The summed E-state index contributed by atoms with van der Waals surface area (Å²) in [5, 5.41) is 2.52. The van der Waals surface area contributed by atoms with Crippen LogP contribution >= 0.6 is 0 Å². The van der Waals surface area contributed by atoms with E-state index in [0.29, 0.717) is 5.56 Å². The summed E-state index contributed by atoms with van der Waals surface area (Å²) in [7, 11) is 0. The quantitative estimate of drug-likeness (QED) is 0.834. The van der Waals surface area contributed by atoms with Crippen LogP contribution in [0.3, 0.4) is 0 Å². The number of nitrogens with one attached hydrogen (secondary N) is 1. The highest BCUT2D eigenvalue weighted by Crippen LogP contribution is 2.00. The van der Waals surface area contributed by atoms with Crippen molar-refractivity contribution in [2.45, 2.75) is 0 Å². The molecule has 4 heteroatoms. The molecule has 0 aromatic heterocycles. The summed E-state index contributed by atoms with van der Waals surface area (Å²) < 4.78 is 5.01. The van der Waals surface area contributed by atoms with Gasteiger partial charge < -0.3 is 10.1 Å². The van der Waals surface area contributed by atoms with Gasteiger partial charge in [-0.15, -0.1) is 0 Å². The van der Waals surface area contributed by atoms with Gasteiger partial charge in [-0.05, 0) is 23.8 Å². The summed E-state index contributed by atoms with van der Waals surface area (Å²) >= 11 is 0. The molecule has 0 aliphatic rings. The molecule has 0 saturated heterocycles. The summed E-state index contributed by atoms with van der Waals surface area (Å²) in [6.45, 7) is 0.0296. The van der Waals surface area contributed by atoms with Crippen molar-refractivity contribution in [3.05, 3.63) is 77.9 Å². The fourth-order valence-electron chi connectivity index (χ4n) is 1.78. The molecule has 0 aliphatic heterocycles. The first-order valence-corrected chi connectivity index (χ1v) is 6.96. The Balaban J connectivity index is 1.68. The van der Waals surface area contributed by atoms with E-state index in [0.717, 1.165) is 5.56 Å². The Bertz CT molecular complexity index is 636. The highest BCUT2D eigenvalue weighted by atomic mass is 16.5. The van der Waals surface area contributed by atoms with Crippen LogP contribution in [-0.2, 0) is 9.53 Å². The fourth-order valence-corrected chi connectivity index (χ4v) is 1.78. The van der Waals surface area contributed by atoms with Crippen molar-refractivity contribution in [2.75, 3.05) is 13.2 Å². The molecule has 112 valence electrons. The van der Waals surface area contributed by atoms with Crippen molar-refractivity contribution in [3.8, 4) is 0 Å². The predicted molar refractivity (Wildman–Crippen MR) is 85.2 cm³/mol. The number of amides is 1. The number of hydrogen-bond donors (Lipinski definition) is 1. The van der Waals surface area contributed by atoms with E-state index in [1.54, 1.807) is 30.3 Å². The van der Waals surface area contributed by atoms with E-state index in [-0.39, 0.29) is 19.1 Å². The second kappa shape index (κ2) is 8.42. The zero-order valence-electron chi connectivity index (χ0n) is 12.1. The number of ether oxygens (including phenoxy) is 1. The highest BCUT2D eigenvalue weighted by Gasteiger charge is 2.07. The number of carbonyl (C=O) groups excluding carboxylic acids is 2. The minimum atomic E-state index is -0.470.